The number of benzene rings is 1. The minimum Gasteiger partial charge on any atom is -0.437 e. The van der Waals surface area contributed by atoms with Crippen LogP contribution in [0, 0.1) is 12.3 Å². The Hall–Kier alpha value is -2.93. The molecule has 0 aliphatic carbocycles. The van der Waals surface area contributed by atoms with Gasteiger partial charge in [-0.25, -0.2) is 0 Å². The molecule has 4 nitrogen and oxygen atoms in total. The van der Waals surface area contributed by atoms with Crippen molar-refractivity contribution in [1.29, 1.82) is 0 Å². The van der Waals surface area contributed by atoms with E-state index >= 15 is 0 Å². The van der Waals surface area contributed by atoms with Crippen LogP contribution in [-0.4, -0.2) is 4.98 Å². The lowest BCUT2D eigenvalue weighted by Gasteiger charge is -2.02. The van der Waals surface area contributed by atoms with Crippen molar-refractivity contribution in [2.45, 2.75) is 6.42 Å². The third kappa shape index (κ3) is 1.95. The van der Waals surface area contributed by atoms with Crippen LogP contribution in [0.4, 0.5) is 11.6 Å². The van der Waals surface area contributed by atoms with Crippen LogP contribution in [0.3, 0.4) is 0 Å². The summed E-state index contributed by atoms with van der Waals surface area (Å²) in [4.78, 5) is 4.36. The number of hydrogen-bond acceptors (Lipinski definition) is 4. The van der Waals surface area contributed by atoms with Gasteiger partial charge < -0.3 is 15.9 Å². The van der Waals surface area contributed by atoms with Crippen molar-refractivity contribution in [3.63, 3.8) is 0 Å². The van der Waals surface area contributed by atoms with Crippen LogP contribution in [0.15, 0.2) is 40.9 Å². The summed E-state index contributed by atoms with van der Waals surface area (Å²) in [6, 6.07) is 9.56. The highest BCUT2D eigenvalue weighted by atomic mass is 16.3. The predicted octanol–water partition coefficient (Wildman–Crippen LogP) is 2.56. The Balaban J connectivity index is 2.07. The molecule has 0 fully saturated rings. The number of nitrogens with zero attached hydrogens (tertiary/aromatic N) is 1. The third-order valence-corrected chi connectivity index (χ3v) is 3.21. The van der Waals surface area contributed by atoms with E-state index in [0.29, 0.717) is 17.7 Å². The maximum Gasteiger partial charge on any atom is 0.214 e. The molecule has 0 spiro atoms. The molecule has 2 heterocycles. The summed E-state index contributed by atoms with van der Waals surface area (Å²) in [7, 11) is 0. The van der Waals surface area contributed by atoms with Crippen molar-refractivity contribution in [1.82, 2.24) is 4.98 Å². The van der Waals surface area contributed by atoms with Gasteiger partial charge in [-0.2, -0.15) is 0 Å². The molecule has 0 bridgehead atoms. The molecule has 0 atom stereocenters. The summed E-state index contributed by atoms with van der Waals surface area (Å²) in [5.41, 5.74) is 15.4. The summed E-state index contributed by atoms with van der Waals surface area (Å²) in [5, 5.41) is 0.792. The molecule has 0 aliphatic heterocycles. The number of hydrogen-bond donors (Lipinski definition) is 2. The van der Waals surface area contributed by atoms with Crippen molar-refractivity contribution in [3.05, 3.63) is 53.3 Å². The van der Waals surface area contributed by atoms with Crippen molar-refractivity contribution in [3.8, 4) is 12.3 Å². The van der Waals surface area contributed by atoms with E-state index in [2.05, 4.69) is 10.9 Å². The maximum absolute atomic E-state index is 5.87. The average molecular weight is 263 g/mol. The highest BCUT2D eigenvalue weighted by Crippen LogP contribution is 2.32. The maximum atomic E-state index is 5.87. The number of fused-ring (bicyclic) bond motifs is 1. The van der Waals surface area contributed by atoms with Crippen molar-refractivity contribution < 1.29 is 4.42 Å². The van der Waals surface area contributed by atoms with Gasteiger partial charge in [0.1, 0.15) is 5.69 Å². The van der Waals surface area contributed by atoms with Gasteiger partial charge in [0.25, 0.3) is 0 Å². The zero-order chi connectivity index (χ0) is 14.1. The molecule has 0 radical (unpaired) electrons. The molecule has 0 aliphatic rings. The van der Waals surface area contributed by atoms with Gasteiger partial charge in [-0.15, -0.1) is 6.42 Å². The zero-order valence-corrected chi connectivity index (χ0v) is 10.8. The average Bonchev–Trinajstić information content (AvgIpc) is 2.76. The molecule has 3 aromatic rings. The van der Waals surface area contributed by atoms with Gasteiger partial charge in [0, 0.05) is 23.6 Å². The van der Waals surface area contributed by atoms with Gasteiger partial charge in [-0.05, 0) is 23.8 Å². The van der Waals surface area contributed by atoms with E-state index in [4.69, 9.17) is 22.3 Å². The monoisotopic (exact) mass is 263 g/mol. The number of pyridine rings is 1. The Labute approximate surface area is 116 Å². The molecule has 0 amide bonds. The summed E-state index contributed by atoms with van der Waals surface area (Å²) >= 11 is 0. The summed E-state index contributed by atoms with van der Waals surface area (Å²) in [6.07, 6.45) is 7.72. The highest BCUT2D eigenvalue weighted by Gasteiger charge is 2.13. The van der Waals surface area contributed by atoms with Crippen LogP contribution in [0.2, 0.25) is 0 Å². The Morgan fingerprint density at radius 1 is 1.25 bits per heavy atom. The van der Waals surface area contributed by atoms with Crippen LogP contribution in [0.25, 0.3) is 11.0 Å². The fourth-order valence-electron chi connectivity index (χ4n) is 2.21. The van der Waals surface area contributed by atoms with Gasteiger partial charge in [0.15, 0.2) is 5.58 Å². The second-order valence-electron chi connectivity index (χ2n) is 4.54. The van der Waals surface area contributed by atoms with Crippen molar-refractivity contribution in [2.75, 3.05) is 11.5 Å². The molecule has 1 aromatic carbocycles. The minimum absolute atomic E-state index is 0.228. The normalized spacial score (nSPS) is 10.6. The fourth-order valence-corrected chi connectivity index (χ4v) is 2.21. The third-order valence-electron chi connectivity index (χ3n) is 3.21. The topological polar surface area (TPSA) is 78.1 Å². The molecule has 98 valence electrons. The zero-order valence-electron chi connectivity index (χ0n) is 10.8. The van der Waals surface area contributed by atoms with Crippen molar-refractivity contribution in [2.24, 2.45) is 0 Å². The molecule has 0 saturated heterocycles. The number of furan rings is 1. The van der Waals surface area contributed by atoms with Gasteiger partial charge in [0.2, 0.25) is 5.88 Å². The van der Waals surface area contributed by atoms with Crippen LogP contribution < -0.4 is 11.5 Å². The van der Waals surface area contributed by atoms with E-state index < -0.39 is 0 Å². The summed E-state index contributed by atoms with van der Waals surface area (Å²) in [5.74, 6) is 2.85. The number of nitrogen functional groups attached to an aromatic ring is 2. The Morgan fingerprint density at radius 2 is 2.10 bits per heavy atom. The molecular formula is C16H13N3O. The Morgan fingerprint density at radius 3 is 2.90 bits per heavy atom. The second kappa shape index (κ2) is 4.63. The predicted molar refractivity (Wildman–Crippen MR) is 80.0 cm³/mol. The van der Waals surface area contributed by atoms with Crippen molar-refractivity contribution >= 4 is 22.5 Å². The highest BCUT2D eigenvalue weighted by molar-refractivity contribution is 5.96. The van der Waals surface area contributed by atoms with E-state index in [1.54, 1.807) is 12.3 Å². The molecule has 0 unspecified atom stereocenters. The number of terminal acetylenes is 1. The molecule has 4 N–H and O–H groups in total. The SMILES string of the molecule is C#Cc1cccc(Cc2nccc3c(N)c(N)oc23)c1. The van der Waals surface area contributed by atoms with Gasteiger partial charge >= 0.3 is 0 Å². The van der Waals surface area contributed by atoms with Crippen LogP contribution in [-0.2, 0) is 6.42 Å². The van der Waals surface area contributed by atoms with E-state index in [0.717, 1.165) is 22.2 Å². The van der Waals surface area contributed by atoms with E-state index in [-0.39, 0.29) is 5.88 Å². The lowest BCUT2D eigenvalue weighted by molar-refractivity contribution is 0.631. The van der Waals surface area contributed by atoms with Crippen LogP contribution in [0.1, 0.15) is 16.8 Å². The molecule has 20 heavy (non-hydrogen) atoms. The molecule has 0 saturated carbocycles. The summed E-state index contributed by atoms with van der Waals surface area (Å²) < 4.78 is 5.51. The molecular weight excluding hydrogens is 250 g/mol. The van der Waals surface area contributed by atoms with Gasteiger partial charge in [0.05, 0.1) is 5.69 Å². The number of aromatic nitrogens is 1. The van der Waals surface area contributed by atoms with E-state index in [9.17, 15) is 0 Å². The number of rotatable bonds is 2. The number of nitrogens with two attached hydrogens (primary N) is 2. The van der Waals surface area contributed by atoms with Gasteiger partial charge in [-0.3, -0.25) is 4.98 Å². The standard InChI is InChI=1S/C16H13N3O/c1-2-10-4-3-5-11(8-10)9-13-15-12(6-7-19-13)14(17)16(18)20-15/h1,3-8H,9,17-18H2. The first kappa shape index (κ1) is 12.1. The largest absolute Gasteiger partial charge is 0.437 e. The first-order valence-electron chi connectivity index (χ1n) is 6.16. The smallest absolute Gasteiger partial charge is 0.214 e. The second-order valence-corrected chi connectivity index (χ2v) is 4.54. The lowest BCUT2D eigenvalue weighted by Crippen LogP contribution is -1.93. The molecule has 4 heteroatoms. The van der Waals surface area contributed by atoms with E-state index in [1.807, 2.05) is 24.3 Å². The first-order valence-corrected chi connectivity index (χ1v) is 6.16. The minimum atomic E-state index is 0.228. The first-order chi connectivity index (χ1) is 9.69. The fraction of sp³-hybridized carbons (Fsp3) is 0.0625. The van der Waals surface area contributed by atoms with E-state index in [1.165, 1.54) is 0 Å². The summed E-state index contributed by atoms with van der Waals surface area (Å²) in [6.45, 7) is 0. The number of anilines is 2. The molecule has 3 rings (SSSR count). The Bertz CT molecular complexity index is 827. The lowest BCUT2D eigenvalue weighted by atomic mass is 10.1. The molecule has 2 aromatic heterocycles. The Kier molecular flexibility index (Phi) is 2.81. The van der Waals surface area contributed by atoms with Crippen LogP contribution in [0.5, 0.6) is 0 Å². The van der Waals surface area contributed by atoms with Gasteiger partial charge in [-0.1, -0.05) is 18.1 Å². The quantitative estimate of drug-likeness (QED) is 0.696. The van der Waals surface area contributed by atoms with Crippen LogP contribution >= 0.6 is 0 Å².